The molecule has 0 unspecified atom stereocenters. The lowest BCUT2D eigenvalue weighted by Crippen LogP contribution is -2.47. The topological polar surface area (TPSA) is 304 Å². The Kier molecular flexibility index (Phi) is 26.1. The van der Waals surface area contributed by atoms with Gasteiger partial charge in [0.15, 0.2) is 17.5 Å². The molecule has 0 aliphatic carbocycles. The van der Waals surface area contributed by atoms with Crippen LogP contribution in [-0.2, 0) is 68.2 Å². The summed E-state index contributed by atoms with van der Waals surface area (Å²) in [6.07, 6.45) is 23.2. The first-order valence-electron chi connectivity index (χ1n) is 50.9. The molecule has 6 amide bonds. The number of alkyl halides is 1. The molecule has 7 saturated heterocycles. The van der Waals surface area contributed by atoms with Gasteiger partial charge in [-0.3, -0.25) is 72.8 Å². The van der Waals surface area contributed by atoms with Crippen molar-refractivity contribution < 1.29 is 42.3 Å². The van der Waals surface area contributed by atoms with Gasteiger partial charge in [-0.2, -0.15) is 14.6 Å². The Bertz CT molecular complexity index is 7240. The summed E-state index contributed by atoms with van der Waals surface area (Å²) in [5, 5.41) is 8.69. The summed E-state index contributed by atoms with van der Waals surface area (Å²) in [5.41, 5.74) is 21.8. The van der Waals surface area contributed by atoms with Crippen LogP contribution < -0.4 is 19.4 Å². The number of aryl methyl sites for hydroxylation is 4. The zero-order valence-corrected chi connectivity index (χ0v) is 83.2. The number of aliphatic imine (C=N–C) groups is 3. The molecule has 0 saturated carbocycles. The van der Waals surface area contributed by atoms with Gasteiger partial charge in [-0.1, -0.05) is 103 Å². The van der Waals surface area contributed by atoms with Crippen LogP contribution in [0, 0.1) is 36.0 Å². The number of carbonyl (C=O) groups excluding carboxylic acids is 6. The van der Waals surface area contributed by atoms with Gasteiger partial charge in [-0.25, -0.2) is 34.3 Å². The number of likely N-dealkylation sites (tertiary alicyclic amines) is 4. The summed E-state index contributed by atoms with van der Waals surface area (Å²) in [4.78, 5) is 144. The van der Waals surface area contributed by atoms with Gasteiger partial charge >= 0.3 is 0 Å². The highest BCUT2D eigenvalue weighted by atomic mass is 19.1. The van der Waals surface area contributed by atoms with Crippen LogP contribution >= 0.6 is 0 Å². The van der Waals surface area contributed by atoms with Crippen molar-refractivity contribution in [3.63, 3.8) is 0 Å². The molecule has 0 N–H and O–H groups in total. The first kappa shape index (κ1) is 95.8. The molecule has 3 atom stereocenters. The van der Waals surface area contributed by atoms with E-state index in [0.717, 1.165) is 182 Å². The highest BCUT2D eigenvalue weighted by Crippen LogP contribution is 2.48. The zero-order valence-electron chi connectivity index (χ0n) is 83.2. The third kappa shape index (κ3) is 19.4. The highest BCUT2D eigenvalue weighted by molar-refractivity contribution is 6.18. The maximum Gasteiger partial charge on any atom is 0.237 e. The van der Waals surface area contributed by atoms with Crippen molar-refractivity contribution in [3.05, 3.63) is 304 Å². The third-order valence-electron chi connectivity index (χ3n) is 31.4. The Morgan fingerprint density at radius 1 is 0.397 bits per heavy atom. The summed E-state index contributed by atoms with van der Waals surface area (Å²) in [7, 11) is 3.67. The number of hydrogen-bond acceptors (Lipinski definition) is 22. The predicted molar refractivity (Wildman–Crippen MR) is 554 cm³/mol. The molecular formula is C114H117F2N23O7. The van der Waals surface area contributed by atoms with Crippen LogP contribution in [0.3, 0.4) is 0 Å². The summed E-state index contributed by atoms with van der Waals surface area (Å²) >= 11 is 0. The van der Waals surface area contributed by atoms with Crippen LogP contribution in [0.25, 0.3) is 45.3 Å². The number of carbonyl (C=O) groups is 6. The van der Waals surface area contributed by atoms with Crippen LogP contribution in [0.1, 0.15) is 156 Å². The van der Waals surface area contributed by atoms with E-state index in [1.165, 1.54) is 34.5 Å². The number of nitrogens with zero attached hydrogens (tertiary/aromatic N) is 23. The lowest BCUT2D eigenvalue weighted by molar-refractivity contribution is -0.135. The van der Waals surface area contributed by atoms with Crippen LogP contribution in [0.4, 0.5) is 25.8 Å². The van der Waals surface area contributed by atoms with Crippen molar-refractivity contribution in [2.75, 3.05) is 133 Å². The molecule has 0 bridgehead atoms. The Balaban J connectivity index is 0.000000125. The van der Waals surface area contributed by atoms with Crippen molar-refractivity contribution in [1.82, 2.24) is 83.8 Å². The minimum absolute atomic E-state index is 0.00305. The van der Waals surface area contributed by atoms with Gasteiger partial charge in [0.05, 0.1) is 78.8 Å². The normalized spacial score (nSPS) is 21.1. The van der Waals surface area contributed by atoms with Gasteiger partial charge in [-0.05, 0) is 216 Å². The van der Waals surface area contributed by atoms with Gasteiger partial charge < -0.3 is 34.1 Å². The number of fused-ring (bicyclic) bond motifs is 3. The third-order valence-corrected chi connectivity index (χ3v) is 31.4. The number of hydrogen-bond donors (Lipinski definition) is 0. The lowest BCUT2D eigenvalue weighted by Gasteiger charge is -2.37. The number of rotatable bonds is 20. The average Bonchev–Trinajstić information content (AvgIpc) is 1.60. The monoisotopic (exact) mass is 1960 g/mol. The highest BCUT2D eigenvalue weighted by Gasteiger charge is 2.55. The number of halogens is 2. The largest absolute Gasteiger partial charge is 0.475 e. The fourth-order valence-electron chi connectivity index (χ4n) is 23.1. The summed E-state index contributed by atoms with van der Waals surface area (Å²) < 4.78 is 38.6. The van der Waals surface area contributed by atoms with E-state index in [4.69, 9.17) is 14.7 Å². The Labute approximate surface area is 846 Å². The molecule has 32 heteroatoms. The van der Waals surface area contributed by atoms with Gasteiger partial charge in [0.1, 0.15) is 18.3 Å². The maximum absolute atomic E-state index is 16.1. The van der Waals surface area contributed by atoms with E-state index in [1.807, 2.05) is 164 Å². The Hall–Kier alpha value is -15.0. The first-order chi connectivity index (χ1) is 70.8. The van der Waals surface area contributed by atoms with E-state index in [-0.39, 0.29) is 60.9 Å². The molecule has 30 nitrogen and oxygen atoms in total. The Morgan fingerprint density at radius 3 is 1.20 bits per heavy atom. The van der Waals surface area contributed by atoms with Crippen LogP contribution in [0.15, 0.2) is 235 Å². The number of ether oxygens (including phenoxy) is 1. The molecular weight excluding hydrogens is 1840 g/mol. The molecule has 12 aromatic rings. The number of anilines is 3. The molecule has 6 aromatic carbocycles. The molecule has 18 heterocycles. The number of amides is 6. The summed E-state index contributed by atoms with van der Waals surface area (Å²) in [5.74, 6) is 2.75. The van der Waals surface area contributed by atoms with Crippen molar-refractivity contribution in [1.29, 1.82) is 0 Å². The zero-order chi connectivity index (χ0) is 100. The molecule has 12 aliphatic heterocycles. The lowest BCUT2D eigenvalue weighted by atomic mass is 9.85. The van der Waals surface area contributed by atoms with Crippen molar-refractivity contribution in [2.24, 2.45) is 45.3 Å². The van der Waals surface area contributed by atoms with E-state index in [9.17, 15) is 33.2 Å². The minimum Gasteiger partial charge on any atom is -0.475 e. The van der Waals surface area contributed by atoms with E-state index in [0.29, 0.717) is 141 Å². The van der Waals surface area contributed by atoms with Crippen LogP contribution in [0.2, 0.25) is 0 Å². The minimum atomic E-state index is -1.49. The maximum atomic E-state index is 16.1. The van der Waals surface area contributed by atoms with Crippen LogP contribution in [0.5, 0.6) is 5.88 Å². The number of piperidine rings is 1. The molecule has 744 valence electrons. The van der Waals surface area contributed by atoms with Crippen molar-refractivity contribution >= 4 is 80.8 Å². The van der Waals surface area contributed by atoms with Gasteiger partial charge in [0.2, 0.25) is 47.3 Å². The van der Waals surface area contributed by atoms with Gasteiger partial charge in [0.25, 0.3) is 0 Å². The SMILES string of the molecule is CC(C)Oc1ccc(C2=NCc3ccc(N4CC[C@]5(CCN(CC(=O)N6CCC(F)(c7ccc(-c8ncn(C)n8)cc7)CC6)C5)C4=O)cc32)cn1.Cc1cnc(-c2ccc(C3=CCN(C(=O)CN4CC[C@]5(CCN(c6ccc7c(c6)C(c6ccnc(C)c6)=NC7)C5=O)C4)CC3)cc2)nc1.Cn1cnc(-c2ccc(C3=CCN(C(=O)CN4CC[C@]5(CCN(c6ccc7c(c6)C(c6ccc(F)nc6)=NC7)C5=O)C4)CC3)cc2)n1. The average molecular weight is 1960 g/mol. The van der Waals surface area contributed by atoms with Gasteiger partial charge in [0, 0.05) is 215 Å². The van der Waals surface area contributed by atoms with Crippen molar-refractivity contribution in [3.8, 4) is 40.0 Å². The van der Waals surface area contributed by atoms with Gasteiger partial charge in [-0.15, -0.1) is 0 Å². The molecule has 12 aliphatic rings. The number of aromatic nitrogens is 11. The fraction of sp³-hybridized carbons (Fsp3) is 0.368. The molecule has 7 fully saturated rings. The molecule has 6 aromatic heterocycles. The Morgan fingerprint density at radius 2 is 0.801 bits per heavy atom. The van der Waals surface area contributed by atoms with Crippen molar-refractivity contribution in [2.45, 2.75) is 123 Å². The van der Waals surface area contributed by atoms with E-state index >= 15 is 4.39 Å². The summed E-state index contributed by atoms with van der Waals surface area (Å²) in [6.45, 7) is 19.9. The van der Waals surface area contributed by atoms with E-state index < -0.39 is 27.9 Å². The van der Waals surface area contributed by atoms with E-state index in [2.05, 4.69) is 150 Å². The van der Waals surface area contributed by atoms with Crippen LogP contribution in [-0.4, -0.2) is 260 Å². The molecule has 24 rings (SSSR count). The number of benzene rings is 6. The summed E-state index contributed by atoms with van der Waals surface area (Å²) in [6, 6.07) is 53.4. The molecule has 146 heavy (non-hydrogen) atoms. The fourth-order valence-corrected chi connectivity index (χ4v) is 23.1. The molecule has 3 spiro atoms. The second kappa shape index (κ2) is 39.8. The smallest absolute Gasteiger partial charge is 0.237 e. The van der Waals surface area contributed by atoms with E-state index in [1.54, 1.807) is 39.2 Å². The second-order valence-corrected chi connectivity index (χ2v) is 41.3. The molecule has 0 radical (unpaired) electrons. The first-order valence-corrected chi connectivity index (χ1v) is 50.9. The second-order valence-electron chi connectivity index (χ2n) is 41.3. The predicted octanol–water partition coefficient (Wildman–Crippen LogP) is 14.3. The standard InChI is InChI=1S/C39H43FN8O3.C39H39N7O2.C36H35FN8O2/c1-26(2)51-33-11-7-29(22-41-33)35-32-20-31(10-6-28(32)21-42-35)48-19-13-38(37(48)50)12-16-46(24-38)23-34(49)47-17-14-39(40,15-18-47)30-8-4-27(5-9-30)36-43-25-45(3)44-36;1-26-21-42-37(43-22-26)30-5-3-28(4-6-30)29-10-15-45(16-11-29)35(47)24-44-17-12-39(25-44)13-18-46(38(39)48)33-8-7-32-23-41-36(34(32)20-33)31-9-14-40-27(2)19-31;1-42-23-40-34(41-42)26-4-2-24(3-5-26)25-10-14-44(15-11-25)32(46)21-43-16-12-36(22-43)13-17-45(35(36)47)29-8-6-27-19-39-33(30(27)18-29)28-7-9-31(37)38-20-28/h4-11,20,22,25-26H,12-19,21,23-24H2,1-3H3;3-10,14,19-22H,11-13,15-18,23-25H2,1-2H3;2-10,18,20,23H,11-17,19,21-22H2,1H3/t38-;39-;36-/m000/s1. The number of pyridine rings is 3. The quantitative estimate of drug-likeness (QED) is 0.0640.